The highest BCUT2D eigenvalue weighted by atomic mass is 16.6. The molecule has 10 heteroatoms. The number of nitrogens with one attached hydrogen (secondary N) is 1. The third-order valence-electron chi connectivity index (χ3n) is 4.91. The van der Waals surface area contributed by atoms with Gasteiger partial charge in [-0.15, -0.1) is 0 Å². The number of nitrogens with zero attached hydrogens (tertiary/aromatic N) is 3. The van der Waals surface area contributed by atoms with Crippen molar-refractivity contribution in [2.75, 3.05) is 26.1 Å². The molecule has 174 valence electrons. The third kappa shape index (κ3) is 5.62. The Bertz CT molecular complexity index is 942. The minimum Gasteiger partial charge on any atom is -0.382 e. The number of rotatable bonds is 7. The summed E-state index contributed by atoms with van der Waals surface area (Å²) in [6.45, 7) is 13.3. The molecule has 0 radical (unpaired) electrons. The lowest BCUT2D eigenvalue weighted by atomic mass is 9.87. The zero-order valence-electron chi connectivity index (χ0n) is 19.5. The first-order valence-corrected chi connectivity index (χ1v) is 10.6. The molecular formula is C21H35N5O5. The van der Waals surface area contributed by atoms with E-state index in [0.29, 0.717) is 18.9 Å². The molecule has 0 saturated carbocycles. The highest BCUT2D eigenvalue weighted by Gasteiger charge is 2.50. The van der Waals surface area contributed by atoms with E-state index in [1.54, 1.807) is 11.7 Å². The topological polar surface area (TPSA) is 127 Å². The van der Waals surface area contributed by atoms with E-state index in [-0.39, 0.29) is 29.1 Å². The molecule has 10 nitrogen and oxygen atoms in total. The number of fused-ring (bicyclic) bond motifs is 1. The fraction of sp³-hybridized carbons (Fsp3) is 0.762. The van der Waals surface area contributed by atoms with E-state index >= 15 is 0 Å². The van der Waals surface area contributed by atoms with Gasteiger partial charge in [0.05, 0.1) is 31.2 Å². The van der Waals surface area contributed by atoms with Crippen molar-refractivity contribution < 1.29 is 18.9 Å². The van der Waals surface area contributed by atoms with Gasteiger partial charge in [0.25, 0.3) is 5.56 Å². The Balaban J connectivity index is 2.05. The molecule has 2 aromatic heterocycles. The normalized spacial score (nSPS) is 24.9. The Hall–Kier alpha value is -2.01. The van der Waals surface area contributed by atoms with Crippen molar-refractivity contribution in [3.63, 3.8) is 0 Å². The van der Waals surface area contributed by atoms with Crippen molar-refractivity contribution in [3.8, 4) is 0 Å². The van der Waals surface area contributed by atoms with Gasteiger partial charge in [-0.05, 0) is 32.6 Å². The predicted octanol–water partition coefficient (Wildman–Crippen LogP) is 2.25. The third-order valence-corrected chi connectivity index (χ3v) is 4.91. The monoisotopic (exact) mass is 437 g/mol. The summed E-state index contributed by atoms with van der Waals surface area (Å²) in [5, 5.41) is 0. The highest BCUT2D eigenvalue weighted by Crippen LogP contribution is 2.41. The van der Waals surface area contributed by atoms with Crippen LogP contribution in [0.25, 0.3) is 11.2 Å². The molecule has 0 amide bonds. The summed E-state index contributed by atoms with van der Waals surface area (Å²) in [6.07, 6.45) is 0.692. The molecule has 1 fully saturated rings. The molecule has 31 heavy (non-hydrogen) atoms. The summed E-state index contributed by atoms with van der Waals surface area (Å²) in [5.74, 6) is 0.0165. The first-order valence-electron chi connectivity index (χ1n) is 10.6. The van der Waals surface area contributed by atoms with E-state index in [0.717, 1.165) is 6.42 Å². The number of aromatic amines is 1. The zero-order chi connectivity index (χ0) is 23.0. The lowest BCUT2D eigenvalue weighted by Crippen LogP contribution is -2.43. The van der Waals surface area contributed by atoms with Crippen LogP contribution in [0.5, 0.6) is 0 Å². The van der Waals surface area contributed by atoms with Gasteiger partial charge in [0.15, 0.2) is 17.4 Å². The molecule has 3 N–H and O–H groups in total. The molecule has 3 rings (SSSR count). The molecule has 0 aliphatic carbocycles. The van der Waals surface area contributed by atoms with Crippen LogP contribution >= 0.6 is 0 Å². The summed E-state index contributed by atoms with van der Waals surface area (Å²) < 4.78 is 26.1. The van der Waals surface area contributed by atoms with Crippen molar-refractivity contribution in [1.82, 2.24) is 19.5 Å². The molecule has 1 unspecified atom stereocenters. The first kappa shape index (κ1) is 23.6. The van der Waals surface area contributed by atoms with Crippen molar-refractivity contribution in [3.05, 3.63) is 16.7 Å². The zero-order valence-corrected chi connectivity index (χ0v) is 19.5. The Morgan fingerprint density at radius 3 is 2.52 bits per heavy atom. The van der Waals surface area contributed by atoms with Crippen molar-refractivity contribution in [2.24, 2.45) is 5.41 Å². The number of nitrogens with two attached hydrogens (primary N) is 1. The summed E-state index contributed by atoms with van der Waals surface area (Å²) >= 11 is 0. The molecule has 1 aliphatic heterocycles. The van der Waals surface area contributed by atoms with Gasteiger partial charge in [0, 0.05) is 7.11 Å². The van der Waals surface area contributed by atoms with Crippen LogP contribution in [0.15, 0.2) is 11.1 Å². The van der Waals surface area contributed by atoms with Crippen LogP contribution in [-0.2, 0) is 18.9 Å². The molecule has 1 aliphatic rings. The standard InChI is InChI=1S/C21H35N5O5/c1-20(2,3)10-12-14(31-21(4,5)6)15(29-9-8-28-7)18(30-12)26-11-23-13-16(26)24-19(22)25-17(13)27/h11-12,14-15,18H,8-10H2,1-7H3,(H3,22,24,25,27)/t12-,14+,15?,18-/m1/s1. The van der Waals surface area contributed by atoms with Crippen LogP contribution in [0.4, 0.5) is 5.95 Å². The van der Waals surface area contributed by atoms with Gasteiger partial charge in [-0.25, -0.2) is 4.98 Å². The van der Waals surface area contributed by atoms with E-state index in [1.807, 2.05) is 20.8 Å². The number of nitrogen functional groups attached to an aromatic ring is 1. The summed E-state index contributed by atoms with van der Waals surface area (Å²) in [7, 11) is 1.62. The van der Waals surface area contributed by atoms with Gasteiger partial charge >= 0.3 is 0 Å². The first-order chi connectivity index (χ1) is 14.4. The van der Waals surface area contributed by atoms with Gasteiger partial charge in [-0.1, -0.05) is 20.8 Å². The van der Waals surface area contributed by atoms with Crippen molar-refractivity contribution >= 4 is 17.1 Å². The minimum atomic E-state index is -0.588. The maximum Gasteiger partial charge on any atom is 0.280 e. The molecule has 0 spiro atoms. The molecule has 1 saturated heterocycles. The summed E-state index contributed by atoms with van der Waals surface area (Å²) in [6, 6.07) is 0. The second kappa shape index (κ2) is 8.85. The Kier molecular flexibility index (Phi) is 6.75. The average Bonchev–Trinajstić information content (AvgIpc) is 3.15. The van der Waals surface area contributed by atoms with Gasteiger partial charge in [0.1, 0.15) is 12.2 Å². The van der Waals surface area contributed by atoms with Crippen LogP contribution in [0.2, 0.25) is 0 Å². The summed E-state index contributed by atoms with van der Waals surface area (Å²) in [4.78, 5) is 23.3. The number of H-pyrrole nitrogens is 1. The SMILES string of the molecule is COCCOC1[C@@H](OC(C)(C)C)[C@@H](CC(C)(C)C)O[C@H]1n1cnc2c(=O)[nH]c(N)nc21. The lowest BCUT2D eigenvalue weighted by Gasteiger charge is -2.33. The Morgan fingerprint density at radius 2 is 1.90 bits per heavy atom. The van der Waals surface area contributed by atoms with Crippen molar-refractivity contribution in [2.45, 2.75) is 78.1 Å². The minimum absolute atomic E-state index is 0.00691. The smallest absolute Gasteiger partial charge is 0.280 e. The van der Waals surface area contributed by atoms with Gasteiger partial charge < -0.3 is 24.7 Å². The number of ether oxygens (including phenoxy) is 4. The Labute approximate surface area is 182 Å². The van der Waals surface area contributed by atoms with Crippen LogP contribution in [0.1, 0.15) is 54.2 Å². The highest BCUT2D eigenvalue weighted by molar-refractivity contribution is 5.70. The number of aromatic nitrogens is 4. The maximum atomic E-state index is 12.3. The van der Waals surface area contributed by atoms with Crippen LogP contribution < -0.4 is 11.3 Å². The van der Waals surface area contributed by atoms with E-state index in [9.17, 15) is 4.79 Å². The van der Waals surface area contributed by atoms with Gasteiger partial charge in [-0.2, -0.15) is 4.98 Å². The molecule has 0 bridgehead atoms. The second-order valence-electron chi connectivity index (χ2n) is 10.1. The molecule has 2 aromatic rings. The molecular weight excluding hydrogens is 402 g/mol. The quantitative estimate of drug-likeness (QED) is 0.632. The lowest BCUT2D eigenvalue weighted by molar-refractivity contribution is -0.134. The van der Waals surface area contributed by atoms with E-state index in [4.69, 9.17) is 24.7 Å². The number of hydrogen-bond donors (Lipinski definition) is 2. The largest absolute Gasteiger partial charge is 0.382 e. The number of hydrogen-bond acceptors (Lipinski definition) is 8. The summed E-state index contributed by atoms with van der Waals surface area (Å²) in [5.41, 5.74) is 5.53. The maximum absolute atomic E-state index is 12.3. The molecule has 3 heterocycles. The molecule has 0 aromatic carbocycles. The van der Waals surface area contributed by atoms with E-state index < -0.39 is 23.5 Å². The number of anilines is 1. The number of imidazole rings is 1. The van der Waals surface area contributed by atoms with Gasteiger partial charge in [0.2, 0.25) is 5.95 Å². The second-order valence-corrected chi connectivity index (χ2v) is 10.1. The average molecular weight is 438 g/mol. The van der Waals surface area contributed by atoms with Gasteiger partial charge in [-0.3, -0.25) is 14.3 Å². The Morgan fingerprint density at radius 1 is 1.19 bits per heavy atom. The van der Waals surface area contributed by atoms with E-state index in [1.165, 1.54) is 6.33 Å². The number of methoxy groups -OCH3 is 1. The fourth-order valence-electron chi connectivity index (χ4n) is 3.82. The molecule has 4 atom stereocenters. The van der Waals surface area contributed by atoms with Crippen LogP contribution in [0.3, 0.4) is 0 Å². The van der Waals surface area contributed by atoms with Crippen LogP contribution in [0, 0.1) is 5.41 Å². The fourth-order valence-corrected chi connectivity index (χ4v) is 3.82. The van der Waals surface area contributed by atoms with Crippen LogP contribution in [-0.4, -0.2) is 63.8 Å². The van der Waals surface area contributed by atoms with E-state index in [2.05, 4.69) is 35.7 Å². The van der Waals surface area contributed by atoms with Crippen molar-refractivity contribution in [1.29, 1.82) is 0 Å². The predicted molar refractivity (Wildman–Crippen MR) is 117 cm³/mol.